The molecule has 3 rings (SSSR count). The summed E-state index contributed by atoms with van der Waals surface area (Å²) in [7, 11) is 1.54. The number of primary amides is 1. The van der Waals surface area contributed by atoms with Crippen LogP contribution in [-0.2, 0) is 0 Å². The Kier molecular flexibility index (Phi) is 3.34. The third-order valence-electron chi connectivity index (χ3n) is 3.33. The number of hydrogen-bond acceptors (Lipinski definition) is 5. The molecule has 4 N–H and O–H groups in total. The molecule has 0 fully saturated rings. The minimum Gasteiger partial charge on any atom is -0.494 e. The third-order valence-corrected chi connectivity index (χ3v) is 3.33. The van der Waals surface area contributed by atoms with Crippen LogP contribution in [0.25, 0.3) is 22.2 Å². The minimum atomic E-state index is -0.634. The molecule has 6 heteroatoms. The predicted octanol–water partition coefficient (Wildman–Crippen LogP) is 1.99. The van der Waals surface area contributed by atoms with Crippen LogP contribution in [0.1, 0.15) is 10.5 Å². The number of nitrogens with two attached hydrogens (primary N) is 2. The van der Waals surface area contributed by atoms with E-state index in [2.05, 4.69) is 9.97 Å². The Balaban J connectivity index is 2.31. The number of nitrogens with zero attached hydrogens (tertiary/aromatic N) is 2. The number of anilines is 1. The number of carbonyl (C=O) groups excluding carboxylic acids is 1. The molecule has 0 aliphatic carbocycles. The molecule has 0 aliphatic rings. The Morgan fingerprint density at radius 2 is 2.00 bits per heavy atom. The smallest absolute Gasteiger partial charge is 0.268 e. The lowest BCUT2D eigenvalue weighted by Gasteiger charge is -2.10. The first kappa shape index (κ1) is 13.8. The van der Waals surface area contributed by atoms with E-state index in [4.69, 9.17) is 16.2 Å². The Labute approximate surface area is 126 Å². The zero-order chi connectivity index (χ0) is 15.7. The third kappa shape index (κ3) is 2.31. The van der Waals surface area contributed by atoms with Gasteiger partial charge in [-0.3, -0.25) is 9.78 Å². The van der Waals surface area contributed by atoms with Gasteiger partial charge in [0, 0.05) is 11.3 Å². The van der Waals surface area contributed by atoms with Gasteiger partial charge >= 0.3 is 0 Å². The maximum atomic E-state index is 11.3. The fourth-order valence-electron chi connectivity index (χ4n) is 2.30. The predicted molar refractivity (Wildman–Crippen MR) is 84.5 cm³/mol. The summed E-state index contributed by atoms with van der Waals surface area (Å²) >= 11 is 0. The number of ether oxygens (including phenoxy) is 1. The summed E-state index contributed by atoms with van der Waals surface area (Å²) in [5, 5.41) is 0. The molecule has 0 unspecified atom stereocenters. The lowest BCUT2D eigenvalue weighted by Crippen LogP contribution is -2.13. The van der Waals surface area contributed by atoms with Crippen LogP contribution in [0.15, 0.2) is 42.6 Å². The average Bonchev–Trinajstić information content (AvgIpc) is 2.53. The summed E-state index contributed by atoms with van der Waals surface area (Å²) in [5.41, 5.74) is 14.7. The highest BCUT2D eigenvalue weighted by Crippen LogP contribution is 2.32. The Morgan fingerprint density at radius 1 is 1.18 bits per heavy atom. The van der Waals surface area contributed by atoms with Crippen LogP contribution >= 0.6 is 0 Å². The van der Waals surface area contributed by atoms with Crippen LogP contribution in [0.2, 0.25) is 0 Å². The number of fused-ring (bicyclic) bond motifs is 1. The number of carbonyl (C=O) groups is 1. The maximum absolute atomic E-state index is 11.3. The number of benzene rings is 2. The fourth-order valence-corrected chi connectivity index (χ4v) is 2.30. The summed E-state index contributed by atoms with van der Waals surface area (Å²) in [6, 6.07) is 11.1. The molecule has 1 aromatic heterocycles. The van der Waals surface area contributed by atoms with Crippen LogP contribution < -0.4 is 16.2 Å². The topological polar surface area (TPSA) is 104 Å². The van der Waals surface area contributed by atoms with Gasteiger partial charge in [-0.1, -0.05) is 12.1 Å². The number of nitrogen functional groups attached to an aromatic ring is 1. The fraction of sp³-hybridized carbons (Fsp3) is 0.0625. The molecule has 1 amide bonds. The highest BCUT2D eigenvalue weighted by Gasteiger charge is 2.13. The highest BCUT2D eigenvalue weighted by atomic mass is 16.5. The van der Waals surface area contributed by atoms with Gasteiger partial charge in [-0.15, -0.1) is 0 Å². The molecule has 0 atom stereocenters. The second-order valence-corrected chi connectivity index (χ2v) is 4.76. The van der Waals surface area contributed by atoms with Crippen molar-refractivity contribution in [2.45, 2.75) is 0 Å². The van der Waals surface area contributed by atoms with E-state index in [1.54, 1.807) is 6.07 Å². The highest BCUT2D eigenvalue weighted by molar-refractivity contribution is 5.98. The van der Waals surface area contributed by atoms with E-state index in [1.807, 2.05) is 30.3 Å². The van der Waals surface area contributed by atoms with Crippen LogP contribution in [0.5, 0.6) is 5.75 Å². The van der Waals surface area contributed by atoms with E-state index in [0.717, 1.165) is 11.1 Å². The van der Waals surface area contributed by atoms with Crippen LogP contribution in [0, 0.1) is 0 Å². The zero-order valence-electron chi connectivity index (χ0n) is 11.9. The standard InChI is InChI=1S/C16H14N4O2/c1-22-13-6-5-11(9-3-2-4-10(17)7-9)14-15(13)20-12(8-19-14)16(18)21/h2-8H,17H2,1H3,(H2,18,21). The van der Waals surface area contributed by atoms with E-state index in [0.29, 0.717) is 22.5 Å². The number of methoxy groups -OCH3 is 1. The maximum Gasteiger partial charge on any atom is 0.268 e. The van der Waals surface area contributed by atoms with Crippen LogP contribution in [0.4, 0.5) is 5.69 Å². The zero-order valence-corrected chi connectivity index (χ0v) is 11.9. The molecule has 0 aliphatic heterocycles. The molecule has 0 spiro atoms. The van der Waals surface area contributed by atoms with Crippen molar-refractivity contribution in [2.24, 2.45) is 5.73 Å². The molecule has 3 aromatic rings. The number of hydrogen-bond donors (Lipinski definition) is 2. The quantitative estimate of drug-likeness (QED) is 0.719. The Morgan fingerprint density at radius 3 is 2.68 bits per heavy atom. The molecular formula is C16H14N4O2. The van der Waals surface area contributed by atoms with E-state index < -0.39 is 5.91 Å². The lowest BCUT2D eigenvalue weighted by molar-refractivity contribution is 0.0995. The van der Waals surface area contributed by atoms with E-state index in [-0.39, 0.29) is 5.69 Å². The molecule has 0 saturated heterocycles. The Bertz CT molecular complexity index is 877. The monoisotopic (exact) mass is 294 g/mol. The van der Waals surface area contributed by atoms with Crippen molar-refractivity contribution in [1.82, 2.24) is 9.97 Å². The minimum absolute atomic E-state index is 0.0931. The largest absolute Gasteiger partial charge is 0.494 e. The van der Waals surface area contributed by atoms with Crippen molar-refractivity contribution in [1.29, 1.82) is 0 Å². The number of rotatable bonds is 3. The van der Waals surface area contributed by atoms with Crippen molar-refractivity contribution in [3.63, 3.8) is 0 Å². The van der Waals surface area contributed by atoms with Gasteiger partial charge in [0.1, 0.15) is 22.5 Å². The molecule has 2 aromatic carbocycles. The first-order valence-electron chi connectivity index (χ1n) is 6.59. The van der Waals surface area contributed by atoms with Crippen molar-refractivity contribution in [2.75, 3.05) is 12.8 Å². The molecule has 0 bridgehead atoms. The molecule has 0 saturated carbocycles. The van der Waals surface area contributed by atoms with Crippen LogP contribution in [0.3, 0.4) is 0 Å². The van der Waals surface area contributed by atoms with Gasteiger partial charge in [0.15, 0.2) is 0 Å². The lowest BCUT2D eigenvalue weighted by atomic mass is 10.0. The first-order valence-corrected chi connectivity index (χ1v) is 6.59. The van der Waals surface area contributed by atoms with Crippen molar-refractivity contribution in [3.05, 3.63) is 48.3 Å². The SMILES string of the molecule is COc1ccc(-c2cccc(N)c2)c2ncc(C(N)=O)nc12. The summed E-state index contributed by atoms with van der Waals surface area (Å²) in [6.07, 6.45) is 1.36. The number of aromatic nitrogens is 2. The second kappa shape index (κ2) is 5.33. The van der Waals surface area contributed by atoms with Gasteiger partial charge in [0.2, 0.25) is 0 Å². The van der Waals surface area contributed by atoms with E-state index in [1.165, 1.54) is 13.3 Å². The van der Waals surface area contributed by atoms with Crippen molar-refractivity contribution in [3.8, 4) is 16.9 Å². The molecule has 110 valence electrons. The van der Waals surface area contributed by atoms with Gasteiger partial charge in [-0.25, -0.2) is 4.98 Å². The van der Waals surface area contributed by atoms with Gasteiger partial charge < -0.3 is 16.2 Å². The van der Waals surface area contributed by atoms with Gasteiger partial charge in [-0.2, -0.15) is 0 Å². The van der Waals surface area contributed by atoms with Crippen molar-refractivity contribution < 1.29 is 9.53 Å². The average molecular weight is 294 g/mol. The molecule has 0 radical (unpaired) electrons. The normalized spacial score (nSPS) is 10.6. The summed E-state index contributed by atoms with van der Waals surface area (Å²) in [6.45, 7) is 0. The van der Waals surface area contributed by atoms with Crippen LogP contribution in [-0.4, -0.2) is 23.0 Å². The summed E-state index contributed by atoms with van der Waals surface area (Å²) in [5.74, 6) is -0.107. The summed E-state index contributed by atoms with van der Waals surface area (Å²) in [4.78, 5) is 19.9. The Hall–Kier alpha value is -3.15. The van der Waals surface area contributed by atoms with Gasteiger partial charge in [-0.05, 0) is 29.8 Å². The van der Waals surface area contributed by atoms with E-state index in [9.17, 15) is 4.79 Å². The second-order valence-electron chi connectivity index (χ2n) is 4.76. The first-order chi connectivity index (χ1) is 10.6. The molecule has 6 nitrogen and oxygen atoms in total. The summed E-state index contributed by atoms with van der Waals surface area (Å²) < 4.78 is 5.30. The van der Waals surface area contributed by atoms with E-state index >= 15 is 0 Å². The molecule has 1 heterocycles. The van der Waals surface area contributed by atoms with Gasteiger partial charge in [0.05, 0.1) is 13.3 Å². The van der Waals surface area contributed by atoms with Crippen molar-refractivity contribution >= 4 is 22.6 Å². The number of amides is 1. The molecule has 22 heavy (non-hydrogen) atoms. The van der Waals surface area contributed by atoms with Gasteiger partial charge in [0.25, 0.3) is 5.91 Å². The molecular weight excluding hydrogens is 280 g/mol.